The number of rotatable bonds is 2. The van der Waals surface area contributed by atoms with Crippen molar-refractivity contribution in [1.29, 1.82) is 0 Å². The van der Waals surface area contributed by atoms with Gasteiger partial charge in [-0.1, -0.05) is 0 Å². The first-order chi connectivity index (χ1) is 11.6. The molecule has 0 N–H and O–H groups in total. The molecule has 0 amide bonds. The molecule has 0 aromatic heterocycles. The van der Waals surface area contributed by atoms with Gasteiger partial charge >= 0.3 is 159 Å². The van der Waals surface area contributed by atoms with Gasteiger partial charge in [0.2, 0.25) is 0 Å². The van der Waals surface area contributed by atoms with Crippen molar-refractivity contribution < 1.29 is 19.1 Å². The summed E-state index contributed by atoms with van der Waals surface area (Å²) >= 11 is -2.71. The van der Waals surface area contributed by atoms with E-state index in [9.17, 15) is 0 Å². The van der Waals surface area contributed by atoms with Crippen LogP contribution in [0.2, 0.25) is 0 Å². The number of benzene rings is 2. The summed E-state index contributed by atoms with van der Waals surface area (Å²) in [5.41, 5.74) is 9.39. The average Bonchev–Trinajstić information content (AvgIpc) is 3.16. The van der Waals surface area contributed by atoms with Crippen LogP contribution in [0.15, 0.2) is 77.4 Å². The van der Waals surface area contributed by atoms with Crippen LogP contribution in [0.3, 0.4) is 0 Å². The van der Waals surface area contributed by atoms with E-state index in [2.05, 4.69) is 74.5 Å². The van der Waals surface area contributed by atoms with Crippen LogP contribution in [0, 0.1) is 0 Å². The van der Waals surface area contributed by atoms with Gasteiger partial charge in [0.25, 0.3) is 0 Å². The van der Waals surface area contributed by atoms with Crippen LogP contribution >= 0.6 is 17.2 Å². The molecule has 119 valence electrons. The van der Waals surface area contributed by atoms with E-state index >= 15 is 0 Å². The molecular formula is C21H17Cl2Hf. The molecule has 0 nitrogen and oxygen atoms in total. The Labute approximate surface area is 158 Å². The van der Waals surface area contributed by atoms with E-state index in [0.717, 1.165) is 0 Å². The molecule has 0 bridgehead atoms. The average molecular weight is 519 g/mol. The Bertz CT molecular complexity index is 915. The van der Waals surface area contributed by atoms with Crippen molar-refractivity contribution in [2.24, 2.45) is 0 Å². The van der Waals surface area contributed by atoms with Crippen LogP contribution in [-0.4, -0.2) is 0 Å². The Morgan fingerprint density at radius 3 is 2.46 bits per heavy atom. The number of hydrogen-bond donors (Lipinski definition) is 0. The Morgan fingerprint density at radius 2 is 1.71 bits per heavy atom. The Balaban J connectivity index is 2.01. The predicted molar refractivity (Wildman–Crippen MR) is 101 cm³/mol. The van der Waals surface area contributed by atoms with Crippen LogP contribution in [0.1, 0.15) is 30.9 Å². The molecule has 3 heteroatoms. The molecule has 2 aliphatic carbocycles. The molecule has 24 heavy (non-hydrogen) atoms. The first-order valence-electron chi connectivity index (χ1n) is 8.06. The molecule has 4 rings (SSSR count). The topological polar surface area (TPSA) is 0 Å². The normalized spacial score (nSPS) is 17.6. The van der Waals surface area contributed by atoms with Gasteiger partial charge in [-0.15, -0.1) is 0 Å². The van der Waals surface area contributed by atoms with Crippen molar-refractivity contribution in [3.63, 3.8) is 0 Å². The van der Waals surface area contributed by atoms with Gasteiger partial charge in [-0.3, -0.25) is 0 Å². The molecule has 1 atom stereocenters. The molecule has 0 heterocycles. The molecule has 0 radical (unpaired) electrons. The molecular weight excluding hydrogens is 502 g/mol. The second-order valence-corrected chi connectivity index (χ2v) is 18.0. The third kappa shape index (κ3) is 2.53. The van der Waals surface area contributed by atoms with E-state index in [4.69, 9.17) is 17.2 Å². The van der Waals surface area contributed by atoms with E-state index < -0.39 is 19.1 Å². The van der Waals surface area contributed by atoms with Gasteiger partial charge in [0.1, 0.15) is 0 Å². The minimum atomic E-state index is -2.71. The van der Waals surface area contributed by atoms with Crippen molar-refractivity contribution in [3.8, 4) is 11.1 Å². The standard InChI is InChI=1S/C21H17.2ClH.Hf/c1-14(2)15-12-7-13-18(15)21-19-10-5-3-8-16(19)17-9-4-6-11-20(17)21;;;/h3-10,12-13,21H,1-2H3;2*1H;/q;;;+2/p-2. The van der Waals surface area contributed by atoms with Crippen molar-refractivity contribution >= 4 is 20.5 Å². The summed E-state index contributed by atoms with van der Waals surface area (Å²) in [7, 11) is 13.1. The van der Waals surface area contributed by atoms with Gasteiger partial charge in [0, 0.05) is 0 Å². The fraction of sp³-hybridized carbons (Fsp3) is 0.143. The van der Waals surface area contributed by atoms with Crippen LogP contribution in [-0.2, 0) is 19.1 Å². The van der Waals surface area contributed by atoms with E-state index in [0.29, 0.717) is 0 Å². The fourth-order valence-corrected chi connectivity index (χ4v) is 9.12. The summed E-state index contributed by atoms with van der Waals surface area (Å²) in [6.45, 7) is 4.36. The van der Waals surface area contributed by atoms with Crippen LogP contribution < -0.4 is 3.32 Å². The molecule has 0 saturated carbocycles. The fourth-order valence-electron chi connectivity index (χ4n) is 3.89. The molecule has 0 aliphatic heterocycles. The Morgan fingerprint density at radius 1 is 0.958 bits per heavy atom. The maximum absolute atomic E-state index is 6.53. The van der Waals surface area contributed by atoms with Crippen LogP contribution in [0.4, 0.5) is 0 Å². The SMILES string of the molecule is CC(C)=C1C=CC=C1C1c2ccccc2-c2ccc[c]([Hf]([Cl])[Cl])c21. The zero-order chi connectivity index (χ0) is 16.8. The Kier molecular flexibility index (Phi) is 4.45. The zero-order valence-electron chi connectivity index (χ0n) is 13.6. The molecule has 0 saturated heterocycles. The van der Waals surface area contributed by atoms with Crippen molar-refractivity contribution in [2.45, 2.75) is 19.8 Å². The second-order valence-electron chi connectivity index (χ2n) is 6.44. The van der Waals surface area contributed by atoms with Gasteiger partial charge in [-0.2, -0.15) is 0 Å². The molecule has 0 spiro atoms. The third-order valence-electron chi connectivity index (χ3n) is 4.86. The molecule has 0 fully saturated rings. The quantitative estimate of drug-likeness (QED) is 0.417. The van der Waals surface area contributed by atoms with Crippen molar-refractivity contribution in [2.75, 3.05) is 0 Å². The number of fused-ring (bicyclic) bond motifs is 3. The van der Waals surface area contributed by atoms with Gasteiger partial charge in [0.05, 0.1) is 0 Å². The maximum atomic E-state index is 6.53. The molecule has 2 aliphatic rings. The number of allylic oxidation sites excluding steroid dienone is 6. The van der Waals surface area contributed by atoms with Gasteiger partial charge < -0.3 is 0 Å². The third-order valence-corrected chi connectivity index (χ3v) is 11.2. The van der Waals surface area contributed by atoms with Crippen molar-refractivity contribution in [3.05, 3.63) is 88.5 Å². The van der Waals surface area contributed by atoms with E-state index in [1.165, 1.54) is 42.3 Å². The van der Waals surface area contributed by atoms with Gasteiger partial charge in [0.15, 0.2) is 0 Å². The number of hydrogen-bond acceptors (Lipinski definition) is 0. The molecule has 2 aromatic rings. The number of halogens is 2. The summed E-state index contributed by atoms with van der Waals surface area (Å²) < 4.78 is 1.22. The summed E-state index contributed by atoms with van der Waals surface area (Å²) in [6, 6.07) is 15.2. The first-order valence-corrected chi connectivity index (χ1v) is 18.8. The first kappa shape index (κ1) is 16.6. The van der Waals surface area contributed by atoms with E-state index in [1.807, 2.05) is 0 Å². The van der Waals surface area contributed by atoms with Crippen molar-refractivity contribution in [1.82, 2.24) is 0 Å². The van der Waals surface area contributed by atoms with E-state index in [-0.39, 0.29) is 5.92 Å². The van der Waals surface area contributed by atoms with Gasteiger partial charge in [-0.05, 0) is 0 Å². The summed E-state index contributed by atoms with van der Waals surface area (Å²) in [4.78, 5) is 0. The molecule has 2 aromatic carbocycles. The van der Waals surface area contributed by atoms with Crippen LogP contribution in [0.25, 0.3) is 11.1 Å². The zero-order valence-corrected chi connectivity index (χ0v) is 18.7. The summed E-state index contributed by atoms with van der Waals surface area (Å²) in [5, 5.41) is 0. The van der Waals surface area contributed by atoms with Crippen LogP contribution in [0.5, 0.6) is 0 Å². The van der Waals surface area contributed by atoms with Gasteiger partial charge in [-0.25, -0.2) is 0 Å². The minimum absolute atomic E-state index is 0.241. The summed E-state index contributed by atoms with van der Waals surface area (Å²) in [6.07, 6.45) is 6.63. The molecule has 1 unspecified atom stereocenters. The second kappa shape index (κ2) is 6.44. The van der Waals surface area contributed by atoms with E-state index in [1.54, 1.807) is 0 Å². The monoisotopic (exact) mass is 519 g/mol. The predicted octanol–water partition coefficient (Wildman–Crippen LogP) is 6.18. The summed E-state index contributed by atoms with van der Waals surface area (Å²) in [5.74, 6) is 0.241. The Hall–Kier alpha value is -0.890.